The van der Waals surface area contributed by atoms with Gasteiger partial charge in [0.15, 0.2) is 0 Å². The Morgan fingerprint density at radius 3 is 2.60 bits per heavy atom. The molecule has 1 heterocycles. The Morgan fingerprint density at radius 1 is 1.60 bits per heavy atom. The van der Waals surface area contributed by atoms with Crippen LogP contribution >= 0.6 is 0 Å². The maximum Gasteiger partial charge on any atom is 0.320 e. The molecule has 0 amide bonds. The molecular weight excluding hydrogens is 196 g/mol. The van der Waals surface area contributed by atoms with Crippen LogP contribution < -0.4 is 0 Å². The van der Waals surface area contributed by atoms with Crippen LogP contribution in [-0.2, 0) is 11.3 Å². The van der Waals surface area contributed by atoms with Crippen molar-refractivity contribution in [3.63, 3.8) is 0 Å². The second-order valence-corrected chi connectivity index (χ2v) is 3.68. The first-order chi connectivity index (χ1) is 6.91. The van der Waals surface area contributed by atoms with Gasteiger partial charge in [-0.3, -0.25) is 9.69 Å². The Bertz CT molecular complexity index is 340. The second kappa shape index (κ2) is 4.44. The van der Waals surface area contributed by atoms with Crippen LogP contribution in [0.5, 0.6) is 0 Å². The number of aliphatic carboxylic acids is 1. The predicted molar refractivity (Wildman–Crippen MR) is 54.5 cm³/mol. The zero-order valence-electron chi connectivity index (χ0n) is 9.44. The topological polar surface area (TPSA) is 66.6 Å². The Hall–Kier alpha value is -1.36. The van der Waals surface area contributed by atoms with E-state index in [1.54, 1.807) is 18.9 Å². The first kappa shape index (κ1) is 11.7. The summed E-state index contributed by atoms with van der Waals surface area (Å²) in [6.07, 6.45) is 0. The maximum absolute atomic E-state index is 10.7. The fourth-order valence-electron chi connectivity index (χ4n) is 1.15. The number of carbonyl (C=O) groups is 1. The number of likely N-dealkylation sites (N-methyl/N-ethyl adjacent to an activating group) is 1. The molecule has 1 aromatic heterocycles. The van der Waals surface area contributed by atoms with E-state index in [1.807, 2.05) is 13.8 Å². The summed E-state index contributed by atoms with van der Waals surface area (Å²) in [7, 11) is 1.73. The molecule has 0 bridgehead atoms. The van der Waals surface area contributed by atoms with E-state index < -0.39 is 12.0 Å². The van der Waals surface area contributed by atoms with Crippen LogP contribution in [0.15, 0.2) is 4.42 Å². The lowest BCUT2D eigenvalue weighted by atomic mass is 10.3. The lowest BCUT2D eigenvalue weighted by Crippen LogP contribution is -2.35. The predicted octanol–water partition coefficient (Wildman–Crippen LogP) is 1.20. The van der Waals surface area contributed by atoms with Gasteiger partial charge < -0.3 is 9.52 Å². The van der Waals surface area contributed by atoms with Gasteiger partial charge in [0.2, 0.25) is 5.89 Å². The molecule has 5 nitrogen and oxygen atoms in total. The summed E-state index contributed by atoms with van der Waals surface area (Å²) in [5, 5.41) is 8.80. The number of nitrogens with zero attached hydrogens (tertiary/aromatic N) is 2. The van der Waals surface area contributed by atoms with Gasteiger partial charge in [0.25, 0.3) is 0 Å². The van der Waals surface area contributed by atoms with Crippen molar-refractivity contribution in [1.82, 2.24) is 9.88 Å². The average Bonchev–Trinajstić information content (AvgIpc) is 2.44. The van der Waals surface area contributed by atoms with Crippen LogP contribution in [-0.4, -0.2) is 34.0 Å². The maximum atomic E-state index is 10.7. The summed E-state index contributed by atoms with van der Waals surface area (Å²) < 4.78 is 5.37. The minimum absolute atomic E-state index is 0.405. The van der Waals surface area contributed by atoms with Crippen LogP contribution in [0, 0.1) is 13.8 Å². The van der Waals surface area contributed by atoms with Gasteiger partial charge in [0.1, 0.15) is 11.8 Å². The van der Waals surface area contributed by atoms with E-state index in [4.69, 9.17) is 9.52 Å². The quantitative estimate of drug-likeness (QED) is 0.812. The molecule has 5 heteroatoms. The molecule has 0 saturated carbocycles. The lowest BCUT2D eigenvalue weighted by molar-refractivity contribution is -0.142. The van der Waals surface area contributed by atoms with Crippen molar-refractivity contribution in [3.8, 4) is 0 Å². The van der Waals surface area contributed by atoms with E-state index in [0.717, 1.165) is 11.5 Å². The van der Waals surface area contributed by atoms with Crippen LogP contribution in [0.3, 0.4) is 0 Å². The SMILES string of the molecule is Cc1nc(CN(C)C(C)C(=O)O)oc1C. The summed E-state index contributed by atoms with van der Waals surface area (Å²) >= 11 is 0. The van der Waals surface area contributed by atoms with Gasteiger partial charge in [-0.15, -0.1) is 0 Å². The Kier molecular flexibility index (Phi) is 3.47. The van der Waals surface area contributed by atoms with Gasteiger partial charge in [-0.1, -0.05) is 0 Å². The summed E-state index contributed by atoms with van der Waals surface area (Å²) in [5.41, 5.74) is 0.848. The molecule has 0 saturated heterocycles. The van der Waals surface area contributed by atoms with E-state index in [-0.39, 0.29) is 0 Å². The summed E-state index contributed by atoms with van der Waals surface area (Å²) in [5.74, 6) is 0.486. The van der Waals surface area contributed by atoms with E-state index in [2.05, 4.69) is 4.98 Å². The number of carboxylic acid groups (broad SMARTS) is 1. The molecule has 0 spiro atoms. The number of oxazole rings is 1. The molecule has 1 unspecified atom stereocenters. The van der Waals surface area contributed by atoms with Crippen molar-refractivity contribution in [2.45, 2.75) is 33.4 Å². The third-order valence-corrected chi connectivity index (χ3v) is 2.48. The van der Waals surface area contributed by atoms with Crippen molar-refractivity contribution in [2.24, 2.45) is 0 Å². The number of carboxylic acids is 1. The summed E-state index contributed by atoms with van der Waals surface area (Å²) in [6, 6.07) is -0.544. The molecule has 1 N–H and O–H groups in total. The third kappa shape index (κ3) is 2.79. The third-order valence-electron chi connectivity index (χ3n) is 2.48. The molecule has 15 heavy (non-hydrogen) atoms. The van der Waals surface area contributed by atoms with Gasteiger partial charge in [-0.05, 0) is 27.8 Å². The van der Waals surface area contributed by atoms with Crippen LogP contribution in [0.4, 0.5) is 0 Å². The van der Waals surface area contributed by atoms with Crippen LogP contribution in [0.25, 0.3) is 0 Å². The highest BCUT2D eigenvalue weighted by atomic mass is 16.4. The largest absolute Gasteiger partial charge is 0.480 e. The standard InChI is InChI=1S/C10H16N2O3/c1-6-8(3)15-9(11-6)5-12(4)7(2)10(13)14/h7H,5H2,1-4H3,(H,13,14). The zero-order valence-corrected chi connectivity index (χ0v) is 9.44. The lowest BCUT2D eigenvalue weighted by Gasteiger charge is -2.18. The summed E-state index contributed by atoms with van der Waals surface area (Å²) in [6.45, 7) is 5.74. The number of hydrogen-bond donors (Lipinski definition) is 1. The minimum Gasteiger partial charge on any atom is -0.480 e. The van der Waals surface area contributed by atoms with Crippen molar-refractivity contribution >= 4 is 5.97 Å². The zero-order chi connectivity index (χ0) is 11.6. The van der Waals surface area contributed by atoms with Gasteiger partial charge in [-0.25, -0.2) is 4.98 Å². The Labute approximate surface area is 88.7 Å². The molecule has 1 atom stereocenters. The Balaban J connectivity index is 2.66. The smallest absolute Gasteiger partial charge is 0.320 e. The number of rotatable bonds is 4. The van der Waals surface area contributed by atoms with Crippen molar-refractivity contribution in [3.05, 3.63) is 17.3 Å². The van der Waals surface area contributed by atoms with E-state index in [1.165, 1.54) is 0 Å². The molecule has 0 aliphatic carbocycles. The van der Waals surface area contributed by atoms with Crippen LogP contribution in [0.1, 0.15) is 24.3 Å². The summed E-state index contributed by atoms with van der Waals surface area (Å²) in [4.78, 5) is 16.6. The first-order valence-electron chi connectivity index (χ1n) is 4.77. The normalized spacial score (nSPS) is 13.1. The monoisotopic (exact) mass is 212 g/mol. The Morgan fingerprint density at radius 2 is 2.20 bits per heavy atom. The molecule has 0 aliphatic heterocycles. The highest BCUT2D eigenvalue weighted by Crippen LogP contribution is 2.11. The molecule has 0 aromatic carbocycles. The number of hydrogen-bond acceptors (Lipinski definition) is 4. The van der Waals surface area contributed by atoms with Crippen molar-refractivity contribution < 1.29 is 14.3 Å². The van der Waals surface area contributed by atoms with Crippen molar-refractivity contribution in [2.75, 3.05) is 7.05 Å². The number of aryl methyl sites for hydroxylation is 2. The molecule has 0 fully saturated rings. The first-order valence-corrected chi connectivity index (χ1v) is 4.77. The van der Waals surface area contributed by atoms with E-state index in [0.29, 0.717) is 12.4 Å². The molecule has 0 radical (unpaired) electrons. The molecule has 84 valence electrons. The molecule has 1 aromatic rings. The molecular formula is C10H16N2O3. The van der Waals surface area contributed by atoms with Gasteiger partial charge in [-0.2, -0.15) is 0 Å². The van der Waals surface area contributed by atoms with Gasteiger partial charge in [0.05, 0.1) is 12.2 Å². The molecule has 0 aliphatic rings. The molecule has 1 rings (SSSR count). The highest BCUT2D eigenvalue weighted by Gasteiger charge is 2.18. The van der Waals surface area contributed by atoms with Gasteiger partial charge in [0, 0.05) is 0 Å². The highest BCUT2D eigenvalue weighted by molar-refractivity contribution is 5.72. The van der Waals surface area contributed by atoms with Crippen molar-refractivity contribution in [1.29, 1.82) is 0 Å². The fraction of sp³-hybridized carbons (Fsp3) is 0.600. The number of aromatic nitrogens is 1. The fourth-order valence-corrected chi connectivity index (χ4v) is 1.15. The van der Waals surface area contributed by atoms with Gasteiger partial charge >= 0.3 is 5.97 Å². The minimum atomic E-state index is -0.850. The van der Waals surface area contributed by atoms with E-state index >= 15 is 0 Å². The average molecular weight is 212 g/mol. The van der Waals surface area contributed by atoms with E-state index in [9.17, 15) is 4.79 Å². The second-order valence-electron chi connectivity index (χ2n) is 3.68. The van der Waals surface area contributed by atoms with Crippen LogP contribution in [0.2, 0.25) is 0 Å².